The molecule has 1 saturated heterocycles. The van der Waals surface area contributed by atoms with E-state index in [2.05, 4.69) is 20.8 Å². The van der Waals surface area contributed by atoms with Crippen LogP contribution >= 0.6 is 0 Å². The minimum atomic E-state index is -0.451. The number of amides is 2. The van der Waals surface area contributed by atoms with Crippen LogP contribution in [-0.4, -0.2) is 44.2 Å². The Hall–Kier alpha value is -2.51. The molecule has 1 fully saturated rings. The fourth-order valence-corrected chi connectivity index (χ4v) is 2.68. The van der Waals surface area contributed by atoms with E-state index in [0.717, 1.165) is 38.8 Å². The van der Waals surface area contributed by atoms with Gasteiger partial charge in [-0.05, 0) is 48.4 Å². The topological polar surface area (TPSA) is 75.9 Å². The van der Waals surface area contributed by atoms with Crippen molar-refractivity contribution in [3.8, 4) is 5.69 Å². The van der Waals surface area contributed by atoms with Crippen molar-refractivity contribution in [3.63, 3.8) is 0 Å². The largest absolute Gasteiger partial charge is 0.325 e. The summed E-state index contributed by atoms with van der Waals surface area (Å²) in [4.78, 5) is 14.1. The van der Waals surface area contributed by atoms with E-state index in [0.29, 0.717) is 11.5 Å². The number of benzene rings is 1. The number of nitrogens with one attached hydrogen (secondary N) is 1. The molecule has 122 valence electrons. The molecule has 3 rings (SSSR count). The fraction of sp³-hybridized carbons (Fsp3) is 0.467. The van der Waals surface area contributed by atoms with Crippen LogP contribution in [-0.2, 0) is 0 Å². The maximum absolute atomic E-state index is 14.0. The van der Waals surface area contributed by atoms with E-state index >= 15 is 0 Å². The van der Waals surface area contributed by atoms with Gasteiger partial charge in [0, 0.05) is 18.8 Å². The summed E-state index contributed by atoms with van der Waals surface area (Å²) in [6.45, 7) is 3.19. The highest BCUT2D eigenvalue weighted by Crippen LogP contribution is 2.19. The number of urea groups is 1. The Balaban J connectivity index is 1.78. The standard InChI is InChI=1S/C15H19FN6O/c1-11-18-19-20-22(11)14-10-12(6-7-13(14)16)17-15(23)21-8-4-2-3-5-9-21/h6-7,10H,2-5,8-9H2,1H3,(H,17,23). The lowest BCUT2D eigenvalue weighted by molar-refractivity contribution is 0.214. The van der Waals surface area contributed by atoms with Crippen molar-refractivity contribution >= 4 is 11.7 Å². The third kappa shape index (κ3) is 3.46. The average molecular weight is 318 g/mol. The molecule has 0 spiro atoms. The smallest absolute Gasteiger partial charge is 0.321 e. The summed E-state index contributed by atoms with van der Waals surface area (Å²) in [5.74, 6) is 0.0214. The first-order valence-corrected chi connectivity index (χ1v) is 7.76. The Morgan fingerprint density at radius 3 is 2.61 bits per heavy atom. The van der Waals surface area contributed by atoms with Crippen LogP contribution in [0.15, 0.2) is 18.2 Å². The Morgan fingerprint density at radius 1 is 1.22 bits per heavy atom. The number of halogens is 1. The Morgan fingerprint density at radius 2 is 1.96 bits per heavy atom. The number of carbonyl (C=O) groups is 1. The van der Waals surface area contributed by atoms with E-state index in [-0.39, 0.29) is 11.7 Å². The zero-order chi connectivity index (χ0) is 16.2. The van der Waals surface area contributed by atoms with Crippen LogP contribution in [0.2, 0.25) is 0 Å². The molecule has 1 aliphatic rings. The van der Waals surface area contributed by atoms with Crippen LogP contribution in [0.5, 0.6) is 0 Å². The summed E-state index contributed by atoms with van der Waals surface area (Å²) < 4.78 is 15.3. The van der Waals surface area contributed by atoms with Crippen molar-refractivity contribution in [1.29, 1.82) is 0 Å². The molecule has 0 saturated carbocycles. The van der Waals surface area contributed by atoms with Gasteiger partial charge in [0.2, 0.25) is 0 Å². The lowest BCUT2D eigenvalue weighted by Crippen LogP contribution is -2.35. The second kappa shape index (κ2) is 6.72. The molecular weight excluding hydrogens is 299 g/mol. The van der Waals surface area contributed by atoms with Crippen molar-refractivity contribution in [3.05, 3.63) is 29.8 Å². The van der Waals surface area contributed by atoms with Gasteiger partial charge in [0.25, 0.3) is 0 Å². The van der Waals surface area contributed by atoms with Crippen LogP contribution in [0.25, 0.3) is 5.69 Å². The number of aryl methyl sites for hydroxylation is 1. The lowest BCUT2D eigenvalue weighted by atomic mass is 10.2. The van der Waals surface area contributed by atoms with E-state index in [4.69, 9.17) is 0 Å². The van der Waals surface area contributed by atoms with Gasteiger partial charge in [-0.2, -0.15) is 4.68 Å². The van der Waals surface area contributed by atoms with Crippen molar-refractivity contribution in [2.24, 2.45) is 0 Å². The number of nitrogens with zero attached hydrogens (tertiary/aromatic N) is 5. The van der Waals surface area contributed by atoms with E-state index in [1.165, 1.54) is 22.9 Å². The highest BCUT2D eigenvalue weighted by Gasteiger charge is 2.17. The molecule has 0 aliphatic carbocycles. The number of carbonyl (C=O) groups excluding carboxylic acids is 1. The van der Waals surface area contributed by atoms with Gasteiger partial charge in [-0.1, -0.05) is 12.8 Å². The molecule has 0 radical (unpaired) electrons. The number of aromatic nitrogens is 4. The Kier molecular flexibility index (Phi) is 4.50. The molecule has 23 heavy (non-hydrogen) atoms. The molecule has 1 aromatic heterocycles. The van der Waals surface area contributed by atoms with Gasteiger partial charge in [0.1, 0.15) is 11.5 Å². The maximum Gasteiger partial charge on any atom is 0.321 e. The molecule has 2 amide bonds. The molecular formula is C15H19FN6O. The highest BCUT2D eigenvalue weighted by molar-refractivity contribution is 5.89. The zero-order valence-corrected chi connectivity index (χ0v) is 13.0. The van der Waals surface area contributed by atoms with Gasteiger partial charge in [0.15, 0.2) is 5.82 Å². The summed E-state index contributed by atoms with van der Waals surface area (Å²) in [6.07, 6.45) is 4.35. The van der Waals surface area contributed by atoms with Crippen LogP contribution in [0.1, 0.15) is 31.5 Å². The molecule has 1 N–H and O–H groups in total. The van der Waals surface area contributed by atoms with Gasteiger partial charge in [-0.25, -0.2) is 9.18 Å². The quantitative estimate of drug-likeness (QED) is 0.923. The first-order valence-electron chi connectivity index (χ1n) is 7.76. The molecule has 0 bridgehead atoms. The van der Waals surface area contributed by atoms with Crippen molar-refractivity contribution in [2.75, 3.05) is 18.4 Å². The van der Waals surface area contributed by atoms with E-state index < -0.39 is 5.82 Å². The fourth-order valence-electron chi connectivity index (χ4n) is 2.68. The molecule has 0 unspecified atom stereocenters. The summed E-state index contributed by atoms with van der Waals surface area (Å²) >= 11 is 0. The number of hydrogen-bond donors (Lipinski definition) is 1. The number of hydrogen-bond acceptors (Lipinski definition) is 4. The minimum absolute atomic E-state index is 0.155. The molecule has 7 nitrogen and oxygen atoms in total. The third-order valence-corrected chi connectivity index (χ3v) is 3.94. The average Bonchev–Trinajstić information content (AvgIpc) is 2.80. The van der Waals surface area contributed by atoms with Crippen molar-refractivity contribution < 1.29 is 9.18 Å². The normalized spacial score (nSPS) is 15.3. The number of tetrazole rings is 1. The third-order valence-electron chi connectivity index (χ3n) is 3.94. The molecule has 8 heteroatoms. The summed E-state index contributed by atoms with van der Waals surface area (Å²) in [5.41, 5.74) is 0.728. The molecule has 2 heterocycles. The summed E-state index contributed by atoms with van der Waals surface area (Å²) in [5, 5.41) is 13.9. The molecule has 0 atom stereocenters. The second-order valence-electron chi connectivity index (χ2n) is 5.64. The van der Waals surface area contributed by atoms with Gasteiger partial charge >= 0.3 is 6.03 Å². The van der Waals surface area contributed by atoms with E-state index in [1.807, 2.05) is 0 Å². The first-order chi connectivity index (χ1) is 11.1. The summed E-state index contributed by atoms with van der Waals surface area (Å²) in [7, 11) is 0. The number of likely N-dealkylation sites (tertiary alicyclic amines) is 1. The Bertz CT molecular complexity index is 693. The van der Waals surface area contributed by atoms with Crippen LogP contribution < -0.4 is 5.32 Å². The SMILES string of the molecule is Cc1nnnn1-c1cc(NC(=O)N2CCCCCC2)ccc1F. The molecule has 1 aliphatic heterocycles. The van der Waals surface area contributed by atoms with Gasteiger partial charge in [0.05, 0.1) is 0 Å². The molecule has 1 aromatic carbocycles. The monoisotopic (exact) mass is 318 g/mol. The van der Waals surface area contributed by atoms with E-state index in [9.17, 15) is 9.18 Å². The van der Waals surface area contributed by atoms with Crippen LogP contribution in [0.4, 0.5) is 14.9 Å². The second-order valence-corrected chi connectivity index (χ2v) is 5.64. The lowest BCUT2D eigenvalue weighted by Gasteiger charge is -2.21. The van der Waals surface area contributed by atoms with Gasteiger partial charge in [-0.15, -0.1) is 5.10 Å². The Labute approximate surface area is 133 Å². The predicted octanol–water partition coefficient (Wildman–Crippen LogP) is 2.52. The van der Waals surface area contributed by atoms with Crippen LogP contribution in [0, 0.1) is 12.7 Å². The van der Waals surface area contributed by atoms with Crippen molar-refractivity contribution in [1.82, 2.24) is 25.1 Å². The number of rotatable bonds is 2. The molecule has 2 aromatic rings. The summed E-state index contributed by atoms with van der Waals surface area (Å²) in [6, 6.07) is 4.22. The maximum atomic E-state index is 14.0. The zero-order valence-electron chi connectivity index (χ0n) is 13.0. The first kappa shape index (κ1) is 15.4. The van der Waals surface area contributed by atoms with E-state index in [1.54, 1.807) is 11.8 Å². The predicted molar refractivity (Wildman–Crippen MR) is 82.9 cm³/mol. The van der Waals surface area contributed by atoms with Gasteiger partial charge in [-0.3, -0.25) is 0 Å². The minimum Gasteiger partial charge on any atom is -0.325 e. The highest BCUT2D eigenvalue weighted by atomic mass is 19.1. The number of anilines is 1. The van der Waals surface area contributed by atoms with Crippen LogP contribution in [0.3, 0.4) is 0 Å². The van der Waals surface area contributed by atoms with Crippen molar-refractivity contribution in [2.45, 2.75) is 32.6 Å². The van der Waals surface area contributed by atoms with Gasteiger partial charge < -0.3 is 10.2 Å².